The number of carboxylic acids is 1. The Labute approximate surface area is 220 Å². The summed E-state index contributed by atoms with van der Waals surface area (Å²) in [5.41, 5.74) is 0.329. The average molecular weight is 560 g/mol. The van der Waals surface area contributed by atoms with Crippen LogP contribution in [0.25, 0.3) is 16.6 Å². The zero-order chi connectivity index (χ0) is 25.9. The number of benzene rings is 2. The fourth-order valence-corrected chi connectivity index (χ4v) is 4.31. The lowest BCUT2D eigenvalue weighted by molar-refractivity contribution is 0.0695. The molecule has 0 aliphatic carbocycles. The average Bonchev–Trinajstić information content (AvgIpc) is 2.88. The second-order valence-corrected chi connectivity index (χ2v) is 9.39. The summed E-state index contributed by atoms with van der Waals surface area (Å²) in [5.74, 6) is 0.517. The summed E-state index contributed by atoms with van der Waals surface area (Å²) < 4.78 is 19.0. The number of methoxy groups -OCH3 is 1. The maximum atomic E-state index is 12.9. The minimum atomic E-state index is -1.28. The summed E-state index contributed by atoms with van der Waals surface area (Å²) in [6.45, 7) is 3.22. The molecule has 36 heavy (non-hydrogen) atoms. The van der Waals surface area contributed by atoms with E-state index in [2.05, 4.69) is 22.9 Å². The number of rotatable bonds is 15. The van der Waals surface area contributed by atoms with Crippen LogP contribution in [-0.4, -0.2) is 41.3 Å². The van der Waals surface area contributed by atoms with E-state index < -0.39 is 11.4 Å². The molecule has 0 aliphatic rings. The summed E-state index contributed by atoms with van der Waals surface area (Å²) in [7, 11) is 1.56. The number of aromatic carboxylic acids is 1. The molecule has 0 atom stereocenters. The second-order valence-electron chi connectivity index (χ2n) is 8.60. The Bertz CT molecular complexity index is 1220. The zero-order valence-electron chi connectivity index (χ0n) is 20.9. The Morgan fingerprint density at radius 3 is 2.33 bits per heavy atom. The third-order valence-electron chi connectivity index (χ3n) is 5.90. The maximum Gasteiger partial charge on any atom is 0.341 e. The Hall–Kier alpha value is -3.00. The molecule has 2 aromatic carbocycles. The predicted octanol–water partition coefficient (Wildman–Crippen LogP) is 6.60. The maximum absolute atomic E-state index is 12.9. The molecule has 0 bridgehead atoms. The molecule has 0 saturated carbocycles. The van der Waals surface area contributed by atoms with Crippen molar-refractivity contribution in [2.45, 2.75) is 51.9 Å². The van der Waals surface area contributed by atoms with Gasteiger partial charge in [-0.2, -0.15) is 0 Å². The second kappa shape index (κ2) is 13.9. The Morgan fingerprint density at radius 2 is 1.61 bits per heavy atom. The van der Waals surface area contributed by atoms with Gasteiger partial charge in [0.2, 0.25) is 5.43 Å². The van der Waals surface area contributed by atoms with Gasteiger partial charge in [-0.25, -0.2) is 4.79 Å². The van der Waals surface area contributed by atoms with E-state index in [0.29, 0.717) is 47.1 Å². The summed E-state index contributed by atoms with van der Waals surface area (Å²) in [5, 5.41) is 11.0. The molecule has 0 saturated heterocycles. The van der Waals surface area contributed by atoms with Gasteiger partial charge in [-0.1, -0.05) is 48.5 Å². The van der Waals surface area contributed by atoms with Crippen LogP contribution in [0.3, 0.4) is 0 Å². The molecule has 7 nitrogen and oxygen atoms in total. The SMILES string of the molecule is CCCCOc1cc(OC)cc(-n2cc(C(=O)O)c(=O)c3ccc(OCCCCCCCBr)cc32)c1. The molecule has 3 rings (SSSR count). The molecule has 0 aliphatic heterocycles. The van der Waals surface area contributed by atoms with E-state index in [1.807, 2.05) is 6.07 Å². The number of hydrogen-bond donors (Lipinski definition) is 1. The number of aromatic nitrogens is 1. The van der Waals surface area contributed by atoms with Crippen LogP contribution in [0.15, 0.2) is 47.4 Å². The number of alkyl halides is 1. The molecular formula is C28H34BrNO6. The fraction of sp³-hybridized carbons (Fsp3) is 0.429. The van der Waals surface area contributed by atoms with E-state index in [0.717, 1.165) is 31.0 Å². The lowest BCUT2D eigenvalue weighted by atomic mass is 10.1. The summed E-state index contributed by atoms with van der Waals surface area (Å²) in [6, 6.07) is 10.5. The highest BCUT2D eigenvalue weighted by molar-refractivity contribution is 9.09. The zero-order valence-corrected chi connectivity index (χ0v) is 22.5. The van der Waals surface area contributed by atoms with Crippen LogP contribution in [0.2, 0.25) is 0 Å². The van der Waals surface area contributed by atoms with E-state index in [9.17, 15) is 14.7 Å². The minimum Gasteiger partial charge on any atom is -0.497 e. The topological polar surface area (TPSA) is 87.0 Å². The van der Waals surface area contributed by atoms with Crippen molar-refractivity contribution in [3.05, 3.63) is 58.4 Å². The molecule has 3 aromatic rings. The molecule has 0 amide bonds. The van der Waals surface area contributed by atoms with Gasteiger partial charge in [0.1, 0.15) is 22.8 Å². The molecule has 0 unspecified atom stereocenters. The van der Waals surface area contributed by atoms with E-state index in [1.165, 1.54) is 25.5 Å². The Balaban J connectivity index is 1.98. The quantitative estimate of drug-likeness (QED) is 0.167. The van der Waals surface area contributed by atoms with Crippen molar-refractivity contribution in [3.63, 3.8) is 0 Å². The molecule has 1 aromatic heterocycles. The van der Waals surface area contributed by atoms with Gasteiger partial charge in [-0.05, 0) is 31.4 Å². The monoisotopic (exact) mass is 559 g/mol. The number of nitrogens with zero attached hydrogens (tertiary/aromatic N) is 1. The predicted molar refractivity (Wildman–Crippen MR) is 146 cm³/mol. The highest BCUT2D eigenvalue weighted by Crippen LogP contribution is 2.29. The van der Waals surface area contributed by atoms with Crippen LogP contribution in [0.4, 0.5) is 0 Å². The van der Waals surface area contributed by atoms with Crippen molar-refractivity contribution in [3.8, 4) is 22.9 Å². The van der Waals surface area contributed by atoms with Crippen molar-refractivity contribution >= 4 is 32.8 Å². The third kappa shape index (κ3) is 7.26. The summed E-state index contributed by atoms with van der Waals surface area (Å²) >= 11 is 3.45. The first-order valence-electron chi connectivity index (χ1n) is 12.4. The third-order valence-corrected chi connectivity index (χ3v) is 6.46. The first kappa shape index (κ1) is 27.6. The summed E-state index contributed by atoms with van der Waals surface area (Å²) in [6.07, 6.45) is 8.85. The molecular weight excluding hydrogens is 526 g/mol. The van der Waals surface area contributed by atoms with Gasteiger partial charge in [0.25, 0.3) is 0 Å². The molecule has 0 fully saturated rings. The fourth-order valence-electron chi connectivity index (χ4n) is 3.91. The van der Waals surface area contributed by atoms with Gasteiger partial charge >= 0.3 is 5.97 Å². The molecule has 0 radical (unpaired) electrons. The number of unbranched alkanes of at least 4 members (excludes halogenated alkanes) is 5. The number of carboxylic acid groups (broad SMARTS) is 1. The Morgan fingerprint density at radius 1 is 0.917 bits per heavy atom. The lowest BCUT2D eigenvalue weighted by Crippen LogP contribution is -2.18. The smallest absolute Gasteiger partial charge is 0.341 e. The number of pyridine rings is 1. The largest absolute Gasteiger partial charge is 0.497 e. The first-order valence-corrected chi connectivity index (χ1v) is 13.5. The number of halogens is 1. The van der Waals surface area contributed by atoms with E-state index >= 15 is 0 Å². The molecule has 8 heteroatoms. The van der Waals surface area contributed by atoms with Crippen molar-refractivity contribution in [2.75, 3.05) is 25.7 Å². The highest BCUT2D eigenvalue weighted by atomic mass is 79.9. The molecule has 1 heterocycles. The van der Waals surface area contributed by atoms with Crippen LogP contribution in [-0.2, 0) is 0 Å². The van der Waals surface area contributed by atoms with Gasteiger partial charge in [0.05, 0.1) is 31.5 Å². The van der Waals surface area contributed by atoms with Gasteiger partial charge in [0.15, 0.2) is 0 Å². The van der Waals surface area contributed by atoms with Crippen molar-refractivity contribution < 1.29 is 24.1 Å². The van der Waals surface area contributed by atoms with Crippen molar-refractivity contribution in [2.24, 2.45) is 0 Å². The number of fused-ring (bicyclic) bond motifs is 1. The number of carbonyl (C=O) groups is 1. The standard InChI is InChI=1S/C28H34BrNO6/c1-3-4-13-36-23-16-20(15-22(17-23)34-2)30-19-25(28(32)33)27(31)24-11-10-21(18-26(24)30)35-14-9-7-5-6-8-12-29/h10-11,15-19H,3-9,12-14H2,1-2H3,(H,32,33). The Kier molecular flexibility index (Phi) is 10.7. The van der Waals surface area contributed by atoms with Crippen molar-refractivity contribution in [1.29, 1.82) is 0 Å². The molecule has 1 N–H and O–H groups in total. The van der Waals surface area contributed by atoms with E-state index in [1.54, 1.807) is 42.0 Å². The van der Waals surface area contributed by atoms with Crippen LogP contribution in [0, 0.1) is 0 Å². The van der Waals surface area contributed by atoms with E-state index in [-0.39, 0.29) is 5.56 Å². The normalized spacial score (nSPS) is 11.0. The van der Waals surface area contributed by atoms with Crippen LogP contribution in [0.1, 0.15) is 62.2 Å². The van der Waals surface area contributed by atoms with E-state index in [4.69, 9.17) is 14.2 Å². The van der Waals surface area contributed by atoms with Gasteiger partial charge in [-0.15, -0.1) is 0 Å². The summed E-state index contributed by atoms with van der Waals surface area (Å²) in [4.78, 5) is 24.8. The first-order chi connectivity index (χ1) is 17.5. The van der Waals surface area contributed by atoms with Crippen LogP contribution < -0.4 is 19.6 Å². The minimum absolute atomic E-state index is 0.299. The van der Waals surface area contributed by atoms with Crippen LogP contribution in [0.5, 0.6) is 17.2 Å². The number of ether oxygens (including phenoxy) is 3. The lowest BCUT2D eigenvalue weighted by Gasteiger charge is -2.16. The molecule has 194 valence electrons. The van der Waals surface area contributed by atoms with Crippen LogP contribution >= 0.6 is 15.9 Å². The highest BCUT2D eigenvalue weighted by Gasteiger charge is 2.17. The number of hydrogen-bond acceptors (Lipinski definition) is 5. The molecule has 0 spiro atoms. The van der Waals surface area contributed by atoms with Crippen molar-refractivity contribution in [1.82, 2.24) is 4.57 Å². The van der Waals surface area contributed by atoms with Gasteiger partial charge in [0, 0.05) is 41.2 Å². The van der Waals surface area contributed by atoms with Gasteiger partial charge < -0.3 is 23.9 Å². The van der Waals surface area contributed by atoms with Gasteiger partial charge in [-0.3, -0.25) is 4.79 Å².